The molecule has 0 atom stereocenters. The number of halogens is 1. The summed E-state index contributed by atoms with van der Waals surface area (Å²) in [6, 6.07) is 10.9. The molecule has 0 spiro atoms. The predicted octanol–water partition coefficient (Wildman–Crippen LogP) is 3.59. The van der Waals surface area contributed by atoms with Crippen molar-refractivity contribution >= 4 is 33.4 Å². The molecule has 1 N–H and O–H groups in total. The lowest BCUT2D eigenvalue weighted by molar-refractivity contribution is -0.128. The van der Waals surface area contributed by atoms with Crippen molar-refractivity contribution in [2.24, 2.45) is 0 Å². The van der Waals surface area contributed by atoms with E-state index in [1.807, 2.05) is 24.3 Å². The van der Waals surface area contributed by atoms with Gasteiger partial charge in [-0.05, 0) is 30.7 Å². The van der Waals surface area contributed by atoms with E-state index in [-0.39, 0.29) is 18.2 Å². The third-order valence-electron chi connectivity index (χ3n) is 3.82. The molecule has 0 radical (unpaired) electrons. The standard InChI is InChI=1S/C18H18BrN3O3/c19-13-3-1-4-15(11-13)25-17-7-6-14(12-20-17)21-16(23)8-10-22-9-2-5-18(22)24/h1,3-4,6-7,11-12H,2,5,8-10H2,(H,21,23). The van der Waals surface area contributed by atoms with Crippen molar-refractivity contribution in [2.75, 3.05) is 18.4 Å². The molecule has 1 fully saturated rings. The zero-order valence-electron chi connectivity index (χ0n) is 13.6. The first-order valence-corrected chi connectivity index (χ1v) is 8.86. The Labute approximate surface area is 154 Å². The number of carbonyl (C=O) groups excluding carboxylic acids is 2. The minimum absolute atomic E-state index is 0.128. The van der Waals surface area contributed by atoms with Crippen LogP contribution in [0.2, 0.25) is 0 Å². The maximum atomic E-state index is 12.0. The van der Waals surface area contributed by atoms with E-state index < -0.39 is 0 Å². The molecule has 2 heterocycles. The van der Waals surface area contributed by atoms with Gasteiger partial charge in [0, 0.05) is 36.5 Å². The van der Waals surface area contributed by atoms with E-state index in [1.165, 1.54) is 0 Å². The fraction of sp³-hybridized carbons (Fsp3) is 0.278. The summed E-state index contributed by atoms with van der Waals surface area (Å²) in [4.78, 5) is 29.4. The molecule has 1 aromatic carbocycles. The number of nitrogens with one attached hydrogen (secondary N) is 1. The second-order valence-electron chi connectivity index (χ2n) is 5.73. The average molecular weight is 404 g/mol. The molecular weight excluding hydrogens is 386 g/mol. The number of rotatable bonds is 6. The Morgan fingerprint density at radius 1 is 1.32 bits per heavy atom. The molecule has 2 aromatic rings. The number of amides is 2. The van der Waals surface area contributed by atoms with Gasteiger partial charge in [-0.3, -0.25) is 9.59 Å². The van der Waals surface area contributed by atoms with Crippen LogP contribution >= 0.6 is 15.9 Å². The van der Waals surface area contributed by atoms with Crippen LogP contribution in [-0.4, -0.2) is 34.8 Å². The highest BCUT2D eigenvalue weighted by atomic mass is 79.9. The second-order valence-corrected chi connectivity index (χ2v) is 6.64. The monoisotopic (exact) mass is 403 g/mol. The topological polar surface area (TPSA) is 71.5 Å². The number of aromatic nitrogens is 1. The Bertz CT molecular complexity index is 764. The summed E-state index contributed by atoms with van der Waals surface area (Å²) < 4.78 is 6.57. The van der Waals surface area contributed by atoms with Gasteiger partial charge in [0.1, 0.15) is 5.75 Å². The SMILES string of the molecule is O=C(CCN1CCCC1=O)Nc1ccc(Oc2cccc(Br)c2)nc1. The average Bonchev–Trinajstić information content (AvgIpc) is 3.00. The summed E-state index contributed by atoms with van der Waals surface area (Å²) >= 11 is 3.38. The van der Waals surface area contributed by atoms with E-state index in [1.54, 1.807) is 23.2 Å². The first-order chi connectivity index (χ1) is 12.1. The maximum Gasteiger partial charge on any atom is 0.226 e. The molecule has 3 rings (SSSR count). The lowest BCUT2D eigenvalue weighted by Gasteiger charge is -2.14. The number of hydrogen-bond donors (Lipinski definition) is 1. The van der Waals surface area contributed by atoms with Gasteiger partial charge in [0.2, 0.25) is 17.7 Å². The third kappa shape index (κ3) is 5.03. The zero-order chi connectivity index (χ0) is 17.6. The lowest BCUT2D eigenvalue weighted by atomic mass is 10.3. The molecule has 0 bridgehead atoms. The van der Waals surface area contributed by atoms with Crippen LogP contribution in [0.15, 0.2) is 47.1 Å². The Morgan fingerprint density at radius 3 is 2.88 bits per heavy atom. The number of nitrogens with zero attached hydrogens (tertiary/aromatic N) is 2. The van der Waals surface area contributed by atoms with Gasteiger partial charge in [-0.25, -0.2) is 4.98 Å². The smallest absolute Gasteiger partial charge is 0.226 e. The summed E-state index contributed by atoms with van der Waals surface area (Å²) in [6.45, 7) is 1.21. The van der Waals surface area contributed by atoms with Crippen LogP contribution in [0.4, 0.5) is 5.69 Å². The van der Waals surface area contributed by atoms with E-state index in [0.717, 1.165) is 17.4 Å². The predicted molar refractivity (Wildman–Crippen MR) is 97.5 cm³/mol. The largest absolute Gasteiger partial charge is 0.439 e. The second kappa shape index (κ2) is 8.11. The molecule has 7 heteroatoms. The Morgan fingerprint density at radius 2 is 2.20 bits per heavy atom. The Kier molecular flexibility index (Phi) is 5.65. The zero-order valence-corrected chi connectivity index (χ0v) is 15.2. The molecule has 1 aliphatic heterocycles. The van der Waals surface area contributed by atoms with Gasteiger partial charge in [0.15, 0.2) is 0 Å². The van der Waals surface area contributed by atoms with E-state index in [0.29, 0.717) is 30.3 Å². The minimum atomic E-state index is -0.137. The summed E-state index contributed by atoms with van der Waals surface area (Å²) in [7, 11) is 0. The van der Waals surface area contributed by atoms with Crippen molar-refractivity contribution in [1.82, 2.24) is 9.88 Å². The molecule has 2 amide bonds. The molecule has 1 saturated heterocycles. The summed E-state index contributed by atoms with van der Waals surface area (Å²) in [6.07, 6.45) is 3.29. The first kappa shape index (κ1) is 17.4. The van der Waals surface area contributed by atoms with Crippen LogP contribution in [-0.2, 0) is 9.59 Å². The van der Waals surface area contributed by atoms with Crippen LogP contribution < -0.4 is 10.1 Å². The molecule has 0 saturated carbocycles. The van der Waals surface area contributed by atoms with Gasteiger partial charge in [-0.1, -0.05) is 22.0 Å². The summed E-state index contributed by atoms with van der Waals surface area (Å²) in [5, 5.41) is 2.78. The van der Waals surface area contributed by atoms with Crippen molar-refractivity contribution in [2.45, 2.75) is 19.3 Å². The highest BCUT2D eigenvalue weighted by Gasteiger charge is 2.20. The van der Waals surface area contributed by atoms with Crippen LogP contribution in [0.1, 0.15) is 19.3 Å². The quantitative estimate of drug-likeness (QED) is 0.799. The van der Waals surface area contributed by atoms with Crippen LogP contribution in [0.5, 0.6) is 11.6 Å². The van der Waals surface area contributed by atoms with Crippen LogP contribution in [0, 0.1) is 0 Å². The van der Waals surface area contributed by atoms with Crippen molar-refractivity contribution in [1.29, 1.82) is 0 Å². The highest BCUT2D eigenvalue weighted by Crippen LogP contribution is 2.23. The summed E-state index contributed by atoms with van der Waals surface area (Å²) in [5.41, 5.74) is 0.597. The molecule has 1 aromatic heterocycles. The van der Waals surface area contributed by atoms with Gasteiger partial charge in [0.25, 0.3) is 0 Å². The normalized spacial score (nSPS) is 13.8. The number of ether oxygens (including phenoxy) is 1. The minimum Gasteiger partial charge on any atom is -0.439 e. The number of hydrogen-bond acceptors (Lipinski definition) is 4. The van der Waals surface area contributed by atoms with Crippen LogP contribution in [0.3, 0.4) is 0 Å². The van der Waals surface area contributed by atoms with E-state index >= 15 is 0 Å². The fourth-order valence-corrected chi connectivity index (χ4v) is 2.94. The van der Waals surface area contributed by atoms with Crippen molar-refractivity contribution in [3.8, 4) is 11.6 Å². The van der Waals surface area contributed by atoms with Gasteiger partial charge in [0.05, 0.1) is 11.9 Å². The number of likely N-dealkylation sites (tertiary alicyclic amines) is 1. The molecule has 6 nitrogen and oxygen atoms in total. The van der Waals surface area contributed by atoms with E-state index in [2.05, 4.69) is 26.2 Å². The Hall–Kier alpha value is -2.41. The molecule has 0 unspecified atom stereocenters. The molecule has 1 aliphatic rings. The summed E-state index contributed by atoms with van der Waals surface area (Å²) in [5.74, 6) is 1.11. The molecule has 130 valence electrons. The van der Waals surface area contributed by atoms with Gasteiger partial charge in [-0.15, -0.1) is 0 Å². The van der Waals surface area contributed by atoms with Gasteiger partial charge in [-0.2, -0.15) is 0 Å². The molecule has 0 aliphatic carbocycles. The van der Waals surface area contributed by atoms with Crippen molar-refractivity contribution < 1.29 is 14.3 Å². The van der Waals surface area contributed by atoms with Gasteiger partial charge >= 0.3 is 0 Å². The Balaban J connectivity index is 1.50. The highest BCUT2D eigenvalue weighted by molar-refractivity contribution is 9.10. The van der Waals surface area contributed by atoms with Crippen molar-refractivity contribution in [3.05, 3.63) is 47.1 Å². The van der Waals surface area contributed by atoms with Crippen molar-refractivity contribution in [3.63, 3.8) is 0 Å². The fourth-order valence-electron chi connectivity index (χ4n) is 2.57. The number of benzene rings is 1. The maximum absolute atomic E-state index is 12.0. The van der Waals surface area contributed by atoms with E-state index in [9.17, 15) is 9.59 Å². The number of carbonyl (C=O) groups is 2. The van der Waals surface area contributed by atoms with Crippen LogP contribution in [0.25, 0.3) is 0 Å². The number of pyridine rings is 1. The van der Waals surface area contributed by atoms with E-state index in [4.69, 9.17) is 4.74 Å². The number of anilines is 1. The third-order valence-corrected chi connectivity index (χ3v) is 4.31. The first-order valence-electron chi connectivity index (χ1n) is 8.07. The molecular formula is C18H18BrN3O3. The van der Waals surface area contributed by atoms with Gasteiger partial charge < -0.3 is 15.0 Å². The lowest BCUT2D eigenvalue weighted by Crippen LogP contribution is -2.28. The molecule has 25 heavy (non-hydrogen) atoms.